The van der Waals surface area contributed by atoms with Gasteiger partial charge in [-0.1, -0.05) is 34.3 Å². The van der Waals surface area contributed by atoms with E-state index >= 15 is 0 Å². The summed E-state index contributed by atoms with van der Waals surface area (Å²) in [5.74, 6) is -0.417. The van der Waals surface area contributed by atoms with Gasteiger partial charge in [0.25, 0.3) is 0 Å². The average Bonchev–Trinajstić information content (AvgIpc) is 2.21. The first-order valence-corrected chi connectivity index (χ1v) is 4.18. The second-order valence-electron chi connectivity index (χ2n) is 1.30. The third kappa shape index (κ3) is 11.8. The van der Waals surface area contributed by atoms with E-state index in [1.807, 2.05) is 27.7 Å². The van der Waals surface area contributed by atoms with Crippen molar-refractivity contribution in [1.82, 2.24) is 0 Å². The second kappa shape index (κ2) is 16.6. The number of nitrogens with zero attached hydrogens (tertiary/aromatic N) is 1. The summed E-state index contributed by atoms with van der Waals surface area (Å²) in [6, 6.07) is 0. The van der Waals surface area contributed by atoms with Crippen molar-refractivity contribution in [3.05, 3.63) is 24.2 Å². The molecule has 0 N–H and O–H groups in total. The Kier molecular flexibility index (Phi) is 23.8. The predicted molar refractivity (Wildman–Crippen MR) is 56.3 cm³/mol. The van der Waals surface area contributed by atoms with Gasteiger partial charge >= 0.3 is 0 Å². The van der Waals surface area contributed by atoms with Gasteiger partial charge in [0.15, 0.2) is 0 Å². The van der Waals surface area contributed by atoms with Crippen LogP contribution >= 0.6 is 0 Å². The van der Waals surface area contributed by atoms with Crippen LogP contribution in [0.3, 0.4) is 0 Å². The van der Waals surface area contributed by atoms with E-state index in [1.165, 1.54) is 6.92 Å². The lowest BCUT2D eigenvalue weighted by molar-refractivity contribution is 0.653. The van der Waals surface area contributed by atoms with Crippen molar-refractivity contribution in [1.29, 1.82) is 0 Å². The molecule has 0 fully saturated rings. The third-order valence-corrected chi connectivity index (χ3v) is 0.762. The van der Waals surface area contributed by atoms with Gasteiger partial charge in [-0.15, -0.1) is 0 Å². The fourth-order valence-electron chi connectivity index (χ4n) is 0.223. The van der Waals surface area contributed by atoms with Crippen LogP contribution in [0.1, 0.15) is 34.6 Å². The maximum absolute atomic E-state index is 12.2. The van der Waals surface area contributed by atoms with E-state index in [-0.39, 0.29) is 5.70 Å². The van der Waals surface area contributed by atoms with Gasteiger partial charge in [-0.3, -0.25) is 4.99 Å². The molecule has 1 nitrogen and oxygen atoms in total. The number of hydrogen-bond donors (Lipinski definition) is 0. The van der Waals surface area contributed by atoms with Crippen molar-refractivity contribution in [2.75, 3.05) is 0 Å². The van der Waals surface area contributed by atoms with Crippen LogP contribution in [0.4, 0.5) is 4.39 Å². The summed E-state index contributed by atoms with van der Waals surface area (Å²) in [5, 5.41) is 0. The molecule has 0 aromatic heterocycles. The first kappa shape index (κ1) is 17.2. The lowest BCUT2D eigenvalue weighted by atomic mass is 10.4. The molecule has 0 aliphatic carbocycles. The lowest BCUT2D eigenvalue weighted by Crippen LogP contribution is -1.70. The van der Waals surface area contributed by atoms with Gasteiger partial charge in [0.1, 0.15) is 5.83 Å². The van der Waals surface area contributed by atoms with Crippen molar-refractivity contribution in [2.24, 2.45) is 4.99 Å². The van der Waals surface area contributed by atoms with Crippen molar-refractivity contribution in [3.63, 3.8) is 0 Å². The van der Waals surface area contributed by atoms with Crippen LogP contribution < -0.4 is 0 Å². The Labute approximate surface area is 75.7 Å². The molecule has 0 aromatic carbocycles. The van der Waals surface area contributed by atoms with E-state index in [0.717, 1.165) is 6.08 Å². The van der Waals surface area contributed by atoms with Gasteiger partial charge in [-0.2, -0.15) is 0 Å². The summed E-state index contributed by atoms with van der Waals surface area (Å²) in [7, 11) is 0. The summed E-state index contributed by atoms with van der Waals surface area (Å²) < 4.78 is 12.2. The molecule has 72 valence electrons. The molecule has 0 saturated heterocycles. The summed E-state index contributed by atoms with van der Waals surface area (Å²) in [5.41, 5.74) is 0.278. The fraction of sp³-hybridized carbons (Fsp3) is 0.500. The van der Waals surface area contributed by atoms with Crippen LogP contribution in [-0.4, -0.2) is 6.72 Å². The molecule has 0 bridgehead atoms. The van der Waals surface area contributed by atoms with Crippen LogP contribution in [-0.2, 0) is 0 Å². The Morgan fingerprint density at radius 1 is 1.25 bits per heavy atom. The number of rotatable bonds is 2. The van der Waals surface area contributed by atoms with Crippen molar-refractivity contribution in [2.45, 2.75) is 34.6 Å². The molecule has 0 unspecified atom stereocenters. The minimum absolute atomic E-state index is 0.278. The summed E-state index contributed by atoms with van der Waals surface area (Å²) in [6.07, 6.45) is 1.10. The van der Waals surface area contributed by atoms with Crippen LogP contribution in [0.5, 0.6) is 0 Å². The molecule has 0 rings (SSSR count). The zero-order valence-corrected chi connectivity index (χ0v) is 8.82. The number of halogens is 1. The van der Waals surface area contributed by atoms with E-state index in [0.29, 0.717) is 0 Å². The first-order valence-electron chi connectivity index (χ1n) is 4.18. The van der Waals surface area contributed by atoms with Crippen molar-refractivity contribution < 1.29 is 4.39 Å². The Morgan fingerprint density at radius 3 is 1.67 bits per heavy atom. The Bertz CT molecular complexity index is 121. The number of hydrogen-bond acceptors (Lipinski definition) is 1. The lowest BCUT2D eigenvalue weighted by Gasteiger charge is -1.87. The second-order valence-corrected chi connectivity index (χ2v) is 1.30. The molecule has 0 aliphatic rings. The quantitative estimate of drug-likeness (QED) is 0.440. The predicted octanol–water partition coefficient (Wildman–Crippen LogP) is 4.13. The topological polar surface area (TPSA) is 12.4 Å². The standard InChI is InChI=1S/C6H8FN.2C2H6/c1-4-6(7)5(2)8-3;2*1-2/h4H,1,3H2,2H3;2*1-2H3/b6-5+;;. The minimum atomic E-state index is -0.417. The fourth-order valence-corrected chi connectivity index (χ4v) is 0.223. The van der Waals surface area contributed by atoms with Crippen molar-refractivity contribution in [3.8, 4) is 0 Å². The third-order valence-electron chi connectivity index (χ3n) is 0.762. The van der Waals surface area contributed by atoms with Crippen LogP contribution in [0.25, 0.3) is 0 Å². The molecule has 0 radical (unpaired) electrons. The maximum Gasteiger partial charge on any atom is 0.143 e. The zero-order chi connectivity index (χ0) is 10.6. The number of aliphatic imine (C=N–C) groups is 1. The van der Waals surface area contributed by atoms with E-state index < -0.39 is 5.83 Å². The Morgan fingerprint density at radius 2 is 1.58 bits per heavy atom. The molecule has 2 heteroatoms. The molecule has 0 aromatic rings. The highest BCUT2D eigenvalue weighted by molar-refractivity contribution is 5.30. The SMILES string of the molecule is C=C/C(F)=C(/C)N=C.CC.CC. The molecule has 0 spiro atoms. The largest absolute Gasteiger partial charge is 0.266 e. The summed E-state index contributed by atoms with van der Waals surface area (Å²) in [4.78, 5) is 3.34. The van der Waals surface area contributed by atoms with Gasteiger partial charge in [0.2, 0.25) is 0 Å². The minimum Gasteiger partial charge on any atom is -0.266 e. The zero-order valence-electron chi connectivity index (χ0n) is 8.82. The van der Waals surface area contributed by atoms with Crippen LogP contribution in [0.2, 0.25) is 0 Å². The molecular weight excluding hydrogens is 153 g/mol. The molecule has 0 amide bonds. The molecular formula is C10H20FN. The summed E-state index contributed by atoms with van der Waals surface area (Å²) in [6.45, 7) is 15.9. The van der Waals surface area contributed by atoms with E-state index in [2.05, 4.69) is 18.3 Å². The molecule has 0 atom stereocenters. The van der Waals surface area contributed by atoms with Gasteiger partial charge in [-0.25, -0.2) is 4.39 Å². The van der Waals surface area contributed by atoms with E-state index in [4.69, 9.17) is 0 Å². The average molecular weight is 173 g/mol. The number of allylic oxidation sites excluding steroid dienone is 3. The first-order chi connectivity index (χ1) is 5.72. The van der Waals surface area contributed by atoms with Crippen molar-refractivity contribution >= 4 is 6.72 Å². The highest BCUT2D eigenvalue weighted by atomic mass is 19.1. The smallest absolute Gasteiger partial charge is 0.143 e. The Hall–Kier alpha value is -0.920. The van der Waals surface area contributed by atoms with E-state index in [9.17, 15) is 4.39 Å². The van der Waals surface area contributed by atoms with Gasteiger partial charge in [0, 0.05) is 0 Å². The highest BCUT2D eigenvalue weighted by Crippen LogP contribution is 2.05. The van der Waals surface area contributed by atoms with Gasteiger partial charge in [0.05, 0.1) is 5.70 Å². The normalized spacial score (nSPS) is 9.17. The molecule has 0 saturated carbocycles. The molecule has 12 heavy (non-hydrogen) atoms. The molecule has 0 aliphatic heterocycles. The van der Waals surface area contributed by atoms with Crippen LogP contribution in [0, 0.1) is 0 Å². The highest BCUT2D eigenvalue weighted by Gasteiger charge is 1.89. The molecule has 0 heterocycles. The van der Waals surface area contributed by atoms with Crippen LogP contribution in [0.15, 0.2) is 29.2 Å². The van der Waals surface area contributed by atoms with E-state index in [1.54, 1.807) is 0 Å². The van der Waals surface area contributed by atoms with Gasteiger partial charge < -0.3 is 0 Å². The maximum atomic E-state index is 12.2. The summed E-state index contributed by atoms with van der Waals surface area (Å²) >= 11 is 0. The van der Waals surface area contributed by atoms with Gasteiger partial charge in [-0.05, 0) is 19.7 Å². The monoisotopic (exact) mass is 173 g/mol. The Balaban J connectivity index is -0.000000175.